The summed E-state index contributed by atoms with van der Waals surface area (Å²) >= 11 is 3.61. The molecule has 0 bridgehead atoms. The van der Waals surface area contributed by atoms with E-state index in [0.29, 0.717) is 0 Å². The second-order valence-electron chi connectivity index (χ2n) is 5.89. The van der Waals surface area contributed by atoms with Gasteiger partial charge in [0.15, 0.2) is 0 Å². The van der Waals surface area contributed by atoms with Crippen LogP contribution in [0, 0.1) is 0 Å². The van der Waals surface area contributed by atoms with E-state index >= 15 is 0 Å². The van der Waals surface area contributed by atoms with Gasteiger partial charge in [0.1, 0.15) is 0 Å². The molecule has 0 aliphatic carbocycles. The van der Waals surface area contributed by atoms with Gasteiger partial charge in [-0.25, -0.2) is 0 Å². The van der Waals surface area contributed by atoms with Crippen LogP contribution in [0.2, 0.25) is 0 Å². The standard InChI is InChI=1S/C21H12BrN3/c22-18-8-7-14(15-5-2-10-24-20(15)18)17-12-13-4-1-9-23-19(13)21-16(17)6-3-11-25-21/h1-12H. The van der Waals surface area contributed by atoms with Crippen molar-refractivity contribution in [2.24, 2.45) is 0 Å². The van der Waals surface area contributed by atoms with E-state index in [-0.39, 0.29) is 0 Å². The number of hydrogen-bond donors (Lipinski definition) is 0. The molecule has 0 radical (unpaired) electrons. The molecule has 3 aromatic heterocycles. The minimum absolute atomic E-state index is 0.926. The van der Waals surface area contributed by atoms with Crippen LogP contribution in [-0.4, -0.2) is 15.0 Å². The Balaban J connectivity index is 1.98. The molecule has 3 heterocycles. The Labute approximate surface area is 152 Å². The highest BCUT2D eigenvalue weighted by atomic mass is 79.9. The van der Waals surface area contributed by atoms with Crippen LogP contribution in [0.25, 0.3) is 43.8 Å². The maximum absolute atomic E-state index is 4.61. The number of aromatic nitrogens is 3. The first kappa shape index (κ1) is 14.5. The SMILES string of the molecule is Brc1ccc(-c2cc3cccnc3c3ncccc23)c2cccnc12. The van der Waals surface area contributed by atoms with Crippen LogP contribution < -0.4 is 0 Å². The van der Waals surface area contributed by atoms with Crippen molar-refractivity contribution in [3.63, 3.8) is 0 Å². The monoisotopic (exact) mass is 385 g/mol. The Morgan fingerprint density at radius 2 is 1.24 bits per heavy atom. The van der Waals surface area contributed by atoms with Crippen LogP contribution >= 0.6 is 15.9 Å². The Bertz CT molecular complexity index is 1260. The summed E-state index contributed by atoms with van der Waals surface area (Å²) in [5.41, 5.74) is 5.12. The fourth-order valence-electron chi connectivity index (χ4n) is 3.37. The summed E-state index contributed by atoms with van der Waals surface area (Å²) in [7, 11) is 0. The second kappa shape index (κ2) is 5.60. The molecule has 0 saturated heterocycles. The van der Waals surface area contributed by atoms with Gasteiger partial charge in [0, 0.05) is 39.2 Å². The molecular formula is C21H12BrN3. The number of pyridine rings is 3. The topological polar surface area (TPSA) is 38.7 Å². The van der Waals surface area contributed by atoms with E-state index in [1.165, 1.54) is 0 Å². The first-order valence-corrected chi connectivity index (χ1v) is 8.78. The molecule has 0 N–H and O–H groups in total. The van der Waals surface area contributed by atoms with Crippen molar-refractivity contribution < 1.29 is 0 Å². The highest BCUT2D eigenvalue weighted by Gasteiger charge is 2.13. The number of benzene rings is 2. The van der Waals surface area contributed by atoms with Gasteiger partial charge < -0.3 is 0 Å². The van der Waals surface area contributed by atoms with Crippen LogP contribution in [0.4, 0.5) is 0 Å². The third kappa shape index (κ3) is 2.22. The maximum atomic E-state index is 4.61. The molecular weight excluding hydrogens is 374 g/mol. The van der Waals surface area contributed by atoms with E-state index in [9.17, 15) is 0 Å². The largest absolute Gasteiger partial charge is 0.255 e. The van der Waals surface area contributed by atoms with Gasteiger partial charge >= 0.3 is 0 Å². The summed E-state index contributed by atoms with van der Waals surface area (Å²) in [4.78, 5) is 13.7. The van der Waals surface area contributed by atoms with Gasteiger partial charge in [-0.15, -0.1) is 0 Å². The van der Waals surface area contributed by atoms with Gasteiger partial charge in [-0.1, -0.05) is 24.3 Å². The molecule has 0 amide bonds. The van der Waals surface area contributed by atoms with Crippen molar-refractivity contribution in [2.75, 3.05) is 0 Å². The lowest BCUT2D eigenvalue weighted by atomic mass is 9.95. The molecule has 0 atom stereocenters. The average molecular weight is 386 g/mol. The number of fused-ring (bicyclic) bond motifs is 4. The summed E-state index contributed by atoms with van der Waals surface area (Å²) in [5.74, 6) is 0. The van der Waals surface area contributed by atoms with E-state index in [2.05, 4.69) is 67.3 Å². The molecule has 2 aromatic carbocycles. The third-order valence-corrected chi connectivity index (χ3v) is 5.11. The lowest BCUT2D eigenvalue weighted by Gasteiger charge is -2.12. The lowest BCUT2D eigenvalue weighted by molar-refractivity contribution is 1.37. The van der Waals surface area contributed by atoms with Crippen molar-refractivity contribution >= 4 is 48.6 Å². The van der Waals surface area contributed by atoms with Crippen LogP contribution in [-0.2, 0) is 0 Å². The quantitative estimate of drug-likeness (QED) is 0.344. The van der Waals surface area contributed by atoms with Crippen molar-refractivity contribution in [3.8, 4) is 11.1 Å². The summed E-state index contributed by atoms with van der Waals surface area (Å²) in [6, 6.07) is 18.6. The number of halogens is 1. The molecule has 0 aliphatic heterocycles. The van der Waals surface area contributed by atoms with E-state index in [1.807, 2.05) is 36.8 Å². The Hall–Kier alpha value is -2.85. The van der Waals surface area contributed by atoms with Crippen LogP contribution in [0.3, 0.4) is 0 Å². The van der Waals surface area contributed by atoms with Crippen molar-refractivity contribution in [2.45, 2.75) is 0 Å². The van der Waals surface area contributed by atoms with Gasteiger partial charge in [-0.05, 0) is 57.4 Å². The highest BCUT2D eigenvalue weighted by Crippen LogP contribution is 2.37. The molecule has 118 valence electrons. The molecule has 0 unspecified atom stereocenters. The summed E-state index contributed by atoms with van der Waals surface area (Å²) in [6.45, 7) is 0. The van der Waals surface area contributed by atoms with Crippen molar-refractivity contribution in [1.82, 2.24) is 15.0 Å². The number of hydrogen-bond acceptors (Lipinski definition) is 3. The number of nitrogens with zero attached hydrogens (tertiary/aromatic N) is 3. The third-order valence-electron chi connectivity index (χ3n) is 4.47. The molecule has 3 nitrogen and oxygen atoms in total. The Morgan fingerprint density at radius 1 is 0.600 bits per heavy atom. The summed E-state index contributed by atoms with van der Waals surface area (Å²) in [6.07, 6.45) is 5.46. The lowest BCUT2D eigenvalue weighted by Crippen LogP contribution is -1.90. The second-order valence-corrected chi connectivity index (χ2v) is 6.75. The zero-order valence-electron chi connectivity index (χ0n) is 13.1. The predicted molar refractivity (Wildman–Crippen MR) is 105 cm³/mol. The predicted octanol–water partition coefficient (Wildman–Crippen LogP) is 5.76. The Kier molecular flexibility index (Phi) is 3.25. The molecule has 4 heteroatoms. The molecule has 5 rings (SSSR count). The average Bonchev–Trinajstić information content (AvgIpc) is 2.68. The van der Waals surface area contributed by atoms with Crippen LogP contribution in [0.5, 0.6) is 0 Å². The van der Waals surface area contributed by atoms with Crippen molar-refractivity contribution in [1.29, 1.82) is 0 Å². The van der Waals surface area contributed by atoms with E-state index < -0.39 is 0 Å². The molecule has 5 aromatic rings. The van der Waals surface area contributed by atoms with Gasteiger partial charge in [-0.2, -0.15) is 0 Å². The Morgan fingerprint density at radius 3 is 2.04 bits per heavy atom. The summed E-state index contributed by atoms with van der Waals surface area (Å²) in [5, 5.41) is 3.30. The number of rotatable bonds is 1. The maximum Gasteiger partial charge on any atom is 0.0970 e. The molecule has 0 spiro atoms. The van der Waals surface area contributed by atoms with Crippen LogP contribution in [0.1, 0.15) is 0 Å². The van der Waals surface area contributed by atoms with Gasteiger partial charge in [0.05, 0.1) is 16.6 Å². The first-order valence-electron chi connectivity index (χ1n) is 7.99. The smallest absolute Gasteiger partial charge is 0.0970 e. The fourth-order valence-corrected chi connectivity index (χ4v) is 3.82. The van der Waals surface area contributed by atoms with Gasteiger partial charge in [-0.3, -0.25) is 15.0 Å². The molecule has 25 heavy (non-hydrogen) atoms. The van der Waals surface area contributed by atoms with Gasteiger partial charge in [0.25, 0.3) is 0 Å². The van der Waals surface area contributed by atoms with E-state index in [1.54, 1.807) is 0 Å². The molecule has 0 aliphatic rings. The first-order chi connectivity index (χ1) is 12.3. The minimum atomic E-state index is 0.926. The zero-order chi connectivity index (χ0) is 16.8. The van der Waals surface area contributed by atoms with Crippen LogP contribution in [0.15, 0.2) is 77.7 Å². The van der Waals surface area contributed by atoms with E-state index in [4.69, 9.17) is 0 Å². The van der Waals surface area contributed by atoms with E-state index in [0.717, 1.165) is 48.3 Å². The highest BCUT2D eigenvalue weighted by molar-refractivity contribution is 9.10. The van der Waals surface area contributed by atoms with Gasteiger partial charge in [0.2, 0.25) is 0 Å². The zero-order valence-corrected chi connectivity index (χ0v) is 14.7. The molecule has 0 fully saturated rings. The normalized spacial score (nSPS) is 11.4. The fraction of sp³-hybridized carbons (Fsp3) is 0. The molecule has 0 saturated carbocycles. The van der Waals surface area contributed by atoms with Crippen molar-refractivity contribution in [3.05, 3.63) is 77.7 Å². The summed E-state index contributed by atoms with van der Waals surface area (Å²) < 4.78 is 0.997. The minimum Gasteiger partial charge on any atom is -0.255 e.